The summed E-state index contributed by atoms with van der Waals surface area (Å²) < 4.78 is 4.87. The molecule has 0 radical (unpaired) electrons. The zero-order valence-electron chi connectivity index (χ0n) is 11.5. The number of para-hydroxylation sites is 1. The van der Waals surface area contributed by atoms with Crippen molar-refractivity contribution in [1.82, 2.24) is 10.3 Å². The number of benzene rings is 1. The number of nitrogens with one attached hydrogen (secondary N) is 2. The summed E-state index contributed by atoms with van der Waals surface area (Å²) in [6, 6.07) is 8.28. The highest BCUT2D eigenvalue weighted by Gasteiger charge is 2.07. The van der Waals surface area contributed by atoms with Crippen LogP contribution in [-0.2, 0) is 16.0 Å². The molecule has 0 amide bonds. The first-order valence-electron chi connectivity index (χ1n) is 6.65. The minimum Gasteiger partial charge on any atom is -0.465 e. The van der Waals surface area contributed by atoms with Crippen LogP contribution in [-0.4, -0.2) is 30.6 Å². The highest BCUT2D eigenvalue weighted by molar-refractivity contribution is 5.84. The van der Waals surface area contributed by atoms with E-state index < -0.39 is 0 Å². The lowest BCUT2D eigenvalue weighted by atomic mass is 10.1. The number of esters is 1. The van der Waals surface area contributed by atoms with Crippen LogP contribution in [0.25, 0.3) is 10.9 Å². The van der Waals surface area contributed by atoms with Crippen molar-refractivity contribution in [2.75, 3.05) is 19.7 Å². The summed E-state index contributed by atoms with van der Waals surface area (Å²) in [5.74, 6) is -0.196. The molecule has 4 heteroatoms. The Hall–Kier alpha value is -1.81. The Morgan fingerprint density at radius 1 is 1.37 bits per heavy atom. The fraction of sp³-hybridized carbons (Fsp3) is 0.400. The van der Waals surface area contributed by atoms with Gasteiger partial charge in [0, 0.05) is 16.6 Å². The standard InChI is InChI=1S/C15H20N2O2/c1-3-19-15(18)10-16-9-8-12-11(2)17-14-7-5-4-6-13(12)14/h4-7,16-17H,3,8-10H2,1-2H3. The summed E-state index contributed by atoms with van der Waals surface area (Å²) in [4.78, 5) is 14.6. The maximum atomic E-state index is 11.2. The molecule has 0 atom stereocenters. The Bertz CT molecular complexity index is 560. The maximum Gasteiger partial charge on any atom is 0.319 e. The summed E-state index contributed by atoms with van der Waals surface area (Å²) in [5, 5.41) is 4.37. The molecule has 0 aliphatic rings. The van der Waals surface area contributed by atoms with E-state index in [4.69, 9.17) is 4.74 Å². The third kappa shape index (κ3) is 3.35. The molecule has 0 aliphatic carbocycles. The average molecular weight is 260 g/mol. The van der Waals surface area contributed by atoms with Crippen molar-refractivity contribution >= 4 is 16.9 Å². The molecule has 4 nitrogen and oxygen atoms in total. The number of hydrogen-bond donors (Lipinski definition) is 2. The molecule has 0 spiro atoms. The molecule has 0 aliphatic heterocycles. The topological polar surface area (TPSA) is 54.1 Å². The van der Waals surface area contributed by atoms with Crippen molar-refractivity contribution < 1.29 is 9.53 Å². The van der Waals surface area contributed by atoms with Crippen molar-refractivity contribution in [2.24, 2.45) is 0 Å². The van der Waals surface area contributed by atoms with Gasteiger partial charge >= 0.3 is 5.97 Å². The lowest BCUT2D eigenvalue weighted by molar-refractivity contribution is -0.141. The lowest BCUT2D eigenvalue weighted by Crippen LogP contribution is -2.26. The number of rotatable bonds is 6. The SMILES string of the molecule is CCOC(=O)CNCCc1c(C)[nH]c2ccccc12. The van der Waals surface area contributed by atoms with Crippen molar-refractivity contribution in [3.8, 4) is 0 Å². The van der Waals surface area contributed by atoms with E-state index in [9.17, 15) is 4.79 Å². The Morgan fingerprint density at radius 3 is 2.95 bits per heavy atom. The third-order valence-corrected chi connectivity index (χ3v) is 3.15. The first-order valence-corrected chi connectivity index (χ1v) is 6.65. The summed E-state index contributed by atoms with van der Waals surface area (Å²) >= 11 is 0. The molecule has 0 saturated heterocycles. The molecular formula is C15H20N2O2. The van der Waals surface area contributed by atoms with Gasteiger partial charge in [-0.05, 0) is 38.4 Å². The van der Waals surface area contributed by atoms with E-state index in [1.807, 2.05) is 19.1 Å². The number of aromatic amines is 1. The summed E-state index contributed by atoms with van der Waals surface area (Å²) in [7, 11) is 0. The molecule has 2 rings (SSSR count). The first kappa shape index (κ1) is 13.6. The van der Waals surface area contributed by atoms with Gasteiger partial charge in [0.25, 0.3) is 0 Å². The fourth-order valence-corrected chi connectivity index (χ4v) is 2.27. The van der Waals surface area contributed by atoms with Crippen LogP contribution in [0.4, 0.5) is 0 Å². The van der Waals surface area contributed by atoms with E-state index in [1.54, 1.807) is 0 Å². The van der Waals surface area contributed by atoms with Crippen molar-refractivity contribution in [3.05, 3.63) is 35.5 Å². The zero-order chi connectivity index (χ0) is 13.7. The predicted octanol–water partition coefficient (Wildman–Crippen LogP) is 2.17. The molecule has 2 N–H and O–H groups in total. The van der Waals surface area contributed by atoms with Gasteiger partial charge in [-0.3, -0.25) is 4.79 Å². The van der Waals surface area contributed by atoms with E-state index in [1.165, 1.54) is 22.2 Å². The van der Waals surface area contributed by atoms with Gasteiger partial charge in [0.1, 0.15) is 0 Å². The second kappa shape index (κ2) is 6.38. The summed E-state index contributed by atoms with van der Waals surface area (Å²) in [6.07, 6.45) is 0.898. The molecule has 0 saturated carbocycles. The number of carbonyl (C=O) groups is 1. The summed E-state index contributed by atoms with van der Waals surface area (Å²) in [5.41, 5.74) is 3.67. The Kier molecular flexibility index (Phi) is 4.58. The molecule has 102 valence electrons. The van der Waals surface area contributed by atoms with Crippen LogP contribution in [0.1, 0.15) is 18.2 Å². The molecule has 0 bridgehead atoms. The molecule has 0 unspecified atom stereocenters. The number of carbonyl (C=O) groups excluding carboxylic acids is 1. The number of hydrogen-bond acceptors (Lipinski definition) is 3. The Morgan fingerprint density at radius 2 is 2.16 bits per heavy atom. The molecule has 1 heterocycles. The van der Waals surface area contributed by atoms with Gasteiger partial charge in [-0.25, -0.2) is 0 Å². The van der Waals surface area contributed by atoms with Crippen molar-refractivity contribution in [1.29, 1.82) is 0 Å². The largest absolute Gasteiger partial charge is 0.465 e. The minimum atomic E-state index is -0.196. The summed E-state index contributed by atoms with van der Waals surface area (Å²) in [6.45, 7) is 5.37. The quantitative estimate of drug-likeness (QED) is 0.618. The van der Waals surface area contributed by atoms with E-state index in [-0.39, 0.29) is 12.5 Å². The molecule has 0 fully saturated rings. The van der Waals surface area contributed by atoms with Crippen LogP contribution in [0.2, 0.25) is 0 Å². The smallest absolute Gasteiger partial charge is 0.319 e. The van der Waals surface area contributed by atoms with E-state index in [0.29, 0.717) is 6.61 Å². The van der Waals surface area contributed by atoms with Gasteiger partial charge in [-0.1, -0.05) is 18.2 Å². The highest BCUT2D eigenvalue weighted by Crippen LogP contribution is 2.21. The average Bonchev–Trinajstić information content (AvgIpc) is 2.71. The number of fused-ring (bicyclic) bond motifs is 1. The molecule has 1 aromatic heterocycles. The van der Waals surface area contributed by atoms with Crippen LogP contribution >= 0.6 is 0 Å². The van der Waals surface area contributed by atoms with Crippen molar-refractivity contribution in [3.63, 3.8) is 0 Å². The molecule has 2 aromatic rings. The van der Waals surface area contributed by atoms with Crippen LogP contribution < -0.4 is 5.32 Å². The van der Waals surface area contributed by atoms with Gasteiger partial charge in [-0.15, -0.1) is 0 Å². The van der Waals surface area contributed by atoms with Gasteiger partial charge in [0.2, 0.25) is 0 Å². The molecule has 19 heavy (non-hydrogen) atoms. The fourth-order valence-electron chi connectivity index (χ4n) is 2.27. The van der Waals surface area contributed by atoms with E-state index in [2.05, 4.69) is 29.4 Å². The number of ether oxygens (including phenoxy) is 1. The number of H-pyrrole nitrogens is 1. The lowest BCUT2D eigenvalue weighted by Gasteiger charge is -2.05. The maximum absolute atomic E-state index is 11.2. The highest BCUT2D eigenvalue weighted by atomic mass is 16.5. The first-order chi connectivity index (χ1) is 9.22. The van der Waals surface area contributed by atoms with Crippen LogP contribution in [0, 0.1) is 6.92 Å². The van der Waals surface area contributed by atoms with Gasteiger partial charge in [0.05, 0.1) is 13.2 Å². The van der Waals surface area contributed by atoms with Crippen LogP contribution in [0.15, 0.2) is 24.3 Å². The van der Waals surface area contributed by atoms with Crippen LogP contribution in [0.3, 0.4) is 0 Å². The predicted molar refractivity (Wildman–Crippen MR) is 76.2 cm³/mol. The Balaban J connectivity index is 1.91. The second-order valence-electron chi connectivity index (χ2n) is 4.51. The van der Waals surface area contributed by atoms with E-state index >= 15 is 0 Å². The number of aromatic nitrogens is 1. The molecule has 1 aromatic carbocycles. The molecular weight excluding hydrogens is 240 g/mol. The van der Waals surface area contributed by atoms with Crippen molar-refractivity contribution in [2.45, 2.75) is 20.3 Å². The normalized spacial score (nSPS) is 10.8. The van der Waals surface area contributed by atoms with Gasteiger partial charge in [0.15, 0.2) is 0 Å². The minimum absolute atomic E-state index is 0.196. The van der Waals surface area contributed by atoms with Gasteiger partial charge < -0.3 is 15.0 Å². The van der Waals surface area contributed by atoms with E-state index in [0.717, 1.165) is 13.0 Å². The third-order valence-electron chi connectivity index (χ3n) is 3.15. The number of aryl methyl sites for hydroxylation is 1. The zero-order valence-corrected chi connectivity index (χ0v) is 11.5. The Labute approximate surface area is 113 Å². The van der Waals surface area contributed by atoms with Crippen LogP contribution in [0.5, 0.6) is 0 Å². The monoisotopic (exact) mass is 260 g/mol. The van der Waals surface area contributed by atoms with Gasteiger partial charge in [-0.2, -0.15) is 0 Å². The second-order valence-corrected chi connectivity index (χ2v) is 4.51.